The zero-order valence-corrected chi connectivity index (χ0v) is 18.6. The molecule has 6 nitrogen and oxygen atoms in total. The summed E-state index contributed by atoms with van der Waals surface area (Å²) in [6.07, 6.45) is 3.45. The number of carbonyl (C=O) groups excluding carboxylic acids is 3. The summed E-state index contributed by atoms with van der Waals surface area (Å²) >= 11 is 3.35. The van der Waals surface area contributed by atoms with Crippen LogP contribution in [0.25, 0.3) is 0 Å². The third-order valence-corrected chi connectivity index (χ3v) is 5.67. The number of nitrogens with one attached hydrogen (secondary N) is 2. The van der Waals surface area contributed by atoms with Gasteiger partial charge in [-0.2, -0.15) is 0 Å². The summed E-state index contributed by atoms with van der Waals surface area (Å²) in [5, 5.41) is 5.75. The lowest BCUT2D eigenvalue weighted by atomic mass is 10.1. The first kappa shape index (κ1) is 22.0. The Labute approximate surface area is 185 Å². The van der Waals surface area contributed by atoms with E-state index in [4.69, 9.17) is 0 Å². The van der Waals surface area contributed by atoms with Gasteiger partial charge in [-0.1, -0.05) is 29.3 Å². The van der Waals surface area contributed by atoms with E-state index in [-0.39, 0.29) is 17.7 Å². The van der Waals surface area contributed by atoms with E-state index in [1.54, 1.807) is 41.3 Å². The van der Waals surface area contributed by atoms with Gasteiger partial charge in [0, 0.05) is 34.4 Å². The van der Waals surface area contributed by atoms with Gasteiger partial charge in [0.05, 0.1) is 0 Å². The maximum absolute atomic E-state index is 12.9. The number of unbranched alkanes of at least 4 members (excludes halogenated alkanes) is 1. The van der Waals surface area contributed by atoms with Crippen LogP contribution in [0.4, 0.5) is 5.69 Å². The summed E-state index contributed by atoms with van der Waals surface area (Å²) < 4.78 is 0.904. The van der Waals surface area contributed by atoms with E-state index in [0.717, 1.165) is 23.7 Å². The SMILES string of the molecule is CCCCNC(=O)[C@@H]1CCCN1C(=O)c1ccc(NC(=O)c2ccc(Br)cc2)cc1. The van der Waals surface area contributed by atoms with Gasteiger partial charge in [0.2, 0.25) is 5.91 Å². The Balaban J connectivity index is 1.62. The Morgan fingerprint density at radius 1 is 1.03 bits per heavy atom. The maximum atomic E-state index is 12.9. The molecule has 0 unspecified atom stereocenters. The van der Waals surface area contributed by atoms with Gasteiger partial charge in [0.1, 0.15) is 6.04 Å². The van der Waals surface area contributed by atoms with Crippen LogP contribution in [0.2, 0.25) is 0 Å². The van der Waals surface area contributed by atoms with Gasteiger partial charge < -0.3 is 15.5 Å². The minimum absolute atomic E-state index is 0.0762. The van der Waals surface area contributed by atoms with Crippen molar-refractivity contribution in [1.82, 2.24) is 10.2 Å². The monoisotopic (exact) mass is 471 g/mol. The number of benzene rings is 2. The average Bonchev–Trinajstić information content (AvgIpc) is 3.24. The number of amides is 3. The molecule has 3 amide bonds. The molecule has 1 aliphatic heterocycles. The second kappa shape index (κ2) is 10.4. The molecule has 2 aromatic rings. The first-order valence-corrected chi connectivity index (χ1v) is 11.0. The van der Waals surface area contributed by atoms with Crippen LogP contribution in [0.5, 0.6) is 0 Å². The summed E-state index contributed by atoms with van der Waals surface area (Å²) in [6, 6.07) is 13.4. The van der Waals surface area contributed by atoms with Crippen molar-refractivity contribution in [2.45, 2.75) is 38.6 Å². The molecular formula is C23H26BrN3O3. The van der Waals surface area contributed by atoms with Crippen LogP contribution in [0.3, 0.4) is 0 Å². The molecule has 0 spiro atoms. The quantitative estimate of drug-likeness (QED) is 0.593. The largest absolute Gasteiger partial charge is 0.354 e. The van der Waals surface area contributed by atoms with E-state index >= 15 is 0 Å². The van der Waals surface area contributed by atoms with Gasteiger partial charge >= 0.3 is 0 Å². The number of rotatable bonds is 7. The van der Waals surface area contributed by atoms with Crippen molar-refractivity contribution >= 4 is 39.3 Å². The van der Waals surface area contributed by atoms with Crippen molar-refractivity contribution in [2.24, 2.45) is 0 Å². The fraction of sp³-hybridized carbons (Fsp3) is 0.348. The Hall–Kier alpha value is -2.67. The summed E-state index contributed by atoms with van der Waals surface area (Å²) in [6.45, 7) is 3.29. The number of carbonyl (C=O) groups is 3. The number of halogens is 1. The van der Waals surface area contributed by atoms with E-state index in [1.807, 2.05) is 12.1 Å². The Kier molecular flexibility index (Phi) is 7.63. The van der Waals surface area contributed by atoms with Crippen molar-refractivity contribution in [3.63, 3.8) is 0 Å². The molecule has 2 aromatic carbocycles. The molecule has 30 heavy (non-hydrogen) atoms. The van der Waals surface area contributed by atoms with Crippen LogP contribution in [0.1, 0.15) is 53.3 Å². The number of nitrogens with zero attached hydrogens (tertiary/aromatic N) is 1. The lowest BCUT2D eigenvalue weighted by Gasteiger charge is -2.24. The number of hydrogen-bond donors (Lipinski definition) is 2. The topological polar surface area (TPSA) is 78.5 Å². The summed E-state index contributed by atoms with van der Waals surface area (Å²) in [5.41, 5.74) is 1.66. The molecular weight excluding hydrogens is 446 g/mol. The van der Waals surface area contributed by atoms with E-state index in [9.17, 15) is 14.4 Å². The second-order valence-corrected chi connectivity index (χ2v) is 8.26. The van der Waals surface area contributed by atoms with Crippen molar-refractivity contribution < 1.29 is 14.4 Å². The highest BCUT2D eigenvalue weighted by Crippen LogP contribution is 2.21. The van der Waals surface area contributed by atoms with Crippen LogP contribution in [0.15, 0.2) is 53.0 Å². The van der Waals surface area contributed by atoms with Gasteiger partial charge in [-0.05, 0) is 67.8 Å². The lowest BCUT2D eigenvalue weighted by Crippen LogP contribution is -2.46. The minimum atomic E-state index is -0.411. The molecule has 1 aliphatic rings. The molecule has 1 atom stereocenters. The third kappa shape index (κ3) is 5.48. The van der Waals surface area contributed by atoms with E-state index in [0.29, 0.717) is 36.3 Å². The zero-order chi connectivity index (χ0) is 21.5. The van der Waals surface area contributed by atoms with E-state index in [1.165, 1.54) is 0 Å². The van der Waals surface area contributed by atoms with Crippen LogP contribution in [-0.2, 0) is 4.79 Å². The molecule has 3 rings (SSSR count). The standard InChI is InChI=1S/C23H26BrN3O3/c1-2-3-14-25-22(29)20-5-4-15-27(20)23(30)17-8-12-19(13-9-17)26-21(28)16-6-10-18(24)11-7-16/h6-13,20H,2-5,14-15H2,1H3,(H,25,29)(H,26,28)/t20-/m0/s1. The van der Waals surface area contributed by atoms with Crippen LogP contribution in [-0.4, -0.2) is 41.8 Å². The fourth-order valence-electron chi connectivity index (χ4n) is 3.46. The smallest absolute Gasteiger partial charge is 0.255 e. The average molecular weight is 472 g/mol. The zero-order valence-electron chi connectivity index (χ0n) is 17.0. The summed E-state index contributed by atoms with van der Waals surface area (Å²) in [7, 11) is 0. The third-order valence-electron chi connectivity index (χ3n) is 5.14. The van der Waals surface area contributed by atoms with E-state index in [2.05, 4.69) is 33.5 Å². The highest BCUT2D eigenvalue weighted by atomic mass is 79.9. The van der Waals surface area contributed by atoms with Gasteiger partial charge in [-0.15, -0.1) is 0 Å². The maximum Gasteiger partial charge on any atom is 0.255 e. The summed E-state index contributed by atoms with van der Waals surface area (Å²) in [5.74, 6) is -0.452. The molecule has 0 saturated carbocycles. The molecule has 1 saturated heterocycles. The fourth-order valence-corrected chi connectivity index (χ4v) is 3.72. The van der Waals surface area contributed by atoms with Crippen LogP contribution < -0.4 is 10.6 Å². The molecule has 0 bridgehead atoms. The van der Waals surface area contributed by atoms with Gasteiger partial charge in [0.15, 0.2) is 0 Å². The number of likely N-dealkylation sites (tertiary alicyclic amines) is 1. The summed E-state index contributed by atoms with van der Waals surface area (Å²) in [4.78, 5) is 39.4. The molecule has 1 fully saturated rings. The Morgan fingerprint density at radius 3 is 2.37 bits per heavy atom. The van der Waals surface area contributed by atoms with Crippen LogP contribution >= 0.6 is 15.9 Å². The van der Waals surface area contributed by atoms with E-state index < -0.39 is 6.04 Å². The van der Waals surface area contributed by atoms with Crippen molar-refractivity contribution in [3.05, 3.63) is 64.1 Å². The van der Waals surface area contributed by atoms with Crippen molar-refractivity contribution in [3.8, 4) is 0 Å². The van der Waals surface area contributed by atoms with Gasteiger partial charge in [-0.3, -0.25) is 14.4 Å². The molecule has 0 aliphatic carbocycles. The number of anilines is 1. The number of hydrogen-bond acceptors (Lipinski definition) is 3. The first-order chi connectivity index (χ1) is 14.5. The molecule has 0 radical (unpaired) electrons. The van der Waals surface area contributed by atoms with Crippen molar-refractivity contribution in [1.29, 1.82) is 0 Å². The van der Waals surface area contributed by atoms with Gasteiger partial charge in [0.25, 0.3) is 11.8 Å². The van der Waals surface area contributed by atoms with Crippen LogP contribution in [0, 0.1) is 0 Å². The lowest BCUT2D eigenvalue weighted by molar-refractivity contribution is -0.124. The molecule has 0 aromatic heterocycles. The predicted octanol–water partition coefficient (Wildman–Crippen LogP) is 4.22. The first-order valence-electron chi connectivity index (χ1n) is 10.2. The normalized spacial score (nSPS) is 15.7. The molecule has 158 valence electrons. The molecule has 2 N–H and O–H groups in total. The Morgan fingerprint density at radius 2 is 1.70 bits per heavy atom. The Bertz CT molecular complexity index is 897. The second-order valence-electron chi connectivity index (χ2n) is 7.34. The van der Waals surface area contributed by atoms with Gasteiger partial charge in [-0.25, -0.2) is 0 Å². The minimum Gasteiger partial charge on any atom is -0.354 e. The molecule has 1 heterocycles. The highest BCUT2D eigenvalue weighted by molar-refractivity contribution is 9.10. The van der Waals surface area contributed by atoms with Crippen molar-refractivity contribution in [2.75, 3.05) is 18.4 Å². The highest BCUT2D eigenvalue weighted by Gasteiger charge is 2.34. The predicted molar refractivity (Wildman–Crippen MR) is 121 cm³/mol. The molecule has 7 heteroatoms.